The van der Waals surface area contributed by atoms with Gasteiger partial charge in [0.25, 0.3) is 0 Å². The fourth-order valence-electron chi connectivity index (χ4n) is 0.735. The van der Waals surface area contributed by atoms with Crippen LogP contribution in [0.4, 0.5) is 5.69 Å². The Bertz CT molecular complexity index is 293. The summed E-state index contributed by atoms with van der Waals surface area (Å²) in [5.41, 5.74) is 5.93. The quantitative estimate of drug-likeness (QED) is 0.512. The molecule has 5 heteroatoms. The highest BCUT2D eigenvalue weighted by atomic mass is 16.5. The van der Waals surface area contributed by atoms with E-state index in [-0.39, 0.29) is 0 Å². The normalized spacial score (nSPS) is 11.3. The Morgan fingerprint density at radius 3 is 3.00 bits per heavy atom. The molecule has 1 aromatic rings. The molecule has 0 aromatic carbocycles. The number of rotatable bonds is 2. The first-order valence-corrected chi connectivity index (χ1v) is 3.39. The van der Waals surface area contributed by atoms with Crippen LogP contribution in [0.25, 0.3) is 0 Å². The van der Waals surface area contributed by atoms with Gasteiger partial charge in [0.15, 0.2) is 0 Å². The van der Waals surface area contributed by atoms with E-state index in [2.05, 4.69) is 15.0 Å². The lowest BCUT2D eigenvalue weighted by Gasteiger charge is -2.00. The molecule has 0 bridgehead atoms. The second kappa shape index (κ2) is 3.66. The van der Waals surface area contributed by atoms with E-state index in [4.69, 9.17) is 10.5 Å². The van der Waals surface area contributed by atoms with Gasteiger partial charge in [-0.2, -0.15) is 4.98 Å². The largest absolute Gasteiger partial charge is 0.479 e. The molecule has 0 fully saturated rings. The van der Waals surface area contributed by atoms with E-state index in [0.717, 1.165) is 0 Å². The van der Waals surface area contributed by atoms with Gasteiger partial charge in [0.1, 0.15) is 12.0 Å². The maximum atomic E-state index is 5.39. The van der Waals surface area contributed by atoms with Crippen molar-refractivity contribution in [1.82, 2.24) is 9.97 Å². The molecule has 5 nitrogen and oxygen atoms in total. The summed E-state index contributed by atoms with van der Waals surface area (Å²) < 4.78 is 4.93. The summed E-state index contributed by atoms with van der Waals surface area (Å²) in [7, 11) is 1.52. The number of nitrogens with two attached hydrogens (primary N) is 1. The highest BCUT2D eigenvalue weighted by molar-refractivity contribution is 5.81. The number of hydrogen-bond acceptors (Lipinski definition) is 4. The molecule has 0 saturated carbocycles. The number of aliphatic imine (C=N–C) groups is 1. The van der Waals surface area contributed by atoms with Crippen LogP contribution in [0.15, 0.2) is 17.5 Å². The van der Waals surface area contributed by atoms with Crippen LogP contribution < -0.4 is 10.5 Å². The van der Waals surface area contributed by atoms with E-state index in [9.17, 15) is 0 Å². The standard InChI is InChI=1S/C7H10N4O/c1-5(8)11-6-3-9-4-10-7(6)12-2/h3-4H,1-2H3,(H2,8,11). The smallest absolute Gasteiger partial charge is 0.242 e. The van der Waals surface area contributed by atoms with E-state index in [1.807, 2.05) is 0 Å². The summed E-state index contributed by atoms with van der Waals surface area (Å²) in [5, 5.41) is 0. The number of amidine groups is 1. The molecule has 0 aliphatic rings. The zero-order valence-corrected chi connectivity index (χ0v) is 6.98. The highest BCUT2D eigenvalue weighted by Crippen LogP contribution is 2.21. The zero-order valence-electron chi connectivity index (χ0n) is 6.98. The Labute approximate surface area is 70.3 Å². The van der Waals surface area contributed by atoms with Gasteiger partial charge in [-0.1, -0.05) is 0 Å². The third kappa shape index (κ3) is 1.91. The average Bonchev–Trinajstić information content (AvgIpc) is 2.04. The fourth-order valence-corrected chi connectivity index (χ4v) is 0.735. The maximum Gasteiger partial charge on any atom is 0.242 e. The third-order valence-electron chi connectivity index (χ3n) is 1.15. The number of nitrogens with zero attached hydrogens (tertiary/aromatic N) is 3. The molecule has 0 spiro atoms. The Hall–Kier alpha value is -1.65. The third-order valence-corrected chi connectivity index (χ3v) is 1.15. The van der Waals surface area contributed by atoms with Gasteiger partial charge in [0.05, 0.1) is 19.1 Å². The molecule has 1 heterocycles. The van der Waals surface area contributed by atoms with E-state index in [0.29, 0.717) is 17.4 Å². The molecule has 1 rings (SSSR count). The second-order valence-electron chi connectivity index (χ2n) is 2.17. The van der Waals surface area contributed by atoms with Crippen molar-refractivity contribution in [2.24, 2.45) is 10.7 Å². The summed E-state index contributed by atoms with van der Waals surface area (Å²) in [6.45, 7) is 1.69. The summed E-state index contributed by atoms with van der Waals surface area (Å²) >= 11 is 0. The summed E-state index contributed by atoms with van der Waals surface area (Å²) in [4.78, 5) is 11.6. The van der Waals surface area contributed by atoms with E-state index >= 15 is 0 Å². The Morgan fingerprint density at radius 1 is 1.67 bits per heavy atom. The Kier molecular flexibility index (Phi) is 2.57. The van der Waals surface area contributed by atoms with Gasteiger partial charge in [0, 0.05) is 0 Å². The van der Waals surface area contributed by atoms with E-state index in [1.54, 1.807) is 13.1 Å². The predicted octanol–water partition coefficient (Wildman–Crippen LogP) is 0.494. The molecule has 12 heavy (non-hydrogen) atoms. The monoisotopic (exact) mass is 166 g/mol. The molecular formula is C7H10N4O. The van der Waals surface area contributed by atoms with Crippen molar-refractivity contribution in [3.8, 4) is 5.88 Å². The number of ether oxygens (including phenoxy) is 1. The summed E-state index contributed by atoms with van der Waals surface area (Å²) in [6.07, 6.45) is 2.94. The van der Waals surface area contributed by atoms with Crippen molar-refractivity contribution in [2.45, 2.75) is 6.92 Å². The molecule has 0 aliphatic carbocycles. The van der Waals surface area contributed by atoms with Crippen molar-refractivity contribution < 1.29 is 4.74 Å². The SMILES string of the molecule is COc1ncncc1N=C(C)N. The van der Waals surface area contributed by atoms with E-state index in [1.165, 1.54) is 13.4 Å². The van der Waals surface area contributed by atoms with Crippen LogP contribution in [-0.2, 0) is 0 Å². The van der Waals surface area contributed by atoms with Crippen molar-refractivity contribution in [3.05, 3.63) is 12.5 Å². The van der Waals surface area contributed by atoms with Crippen molar-refractivity contribution in [2.75, 3.05) is 7.11 Å². The first-order chi connectivity index (χ1) is 5.74. The molecule has 0 saturated heterocycles. The molecule has 0 aliphatic heterocycles. The summed E-state index contributed by atoms with van der Waals surface area (Å²) in [5.74, 6) is 0.873. The minimum Gasteiger partial charge on any atom is -0.479 e. The van der Waals surface area contributed by atoms with Crippen molar-refractivity contribution >= 4 is 11.5 Å². The lowest BCUT2D eigenvalue weighted by Crippen LogP contribution is -2.04. The van der Waals surface area contributed by atoms with Crippen LogP contribution in [0, 0.1) is 0 Å². The molecule has 0 unspecified atom stereocenters. The van der Waals surface area contributed by atoms with Gasteiger partial charge in [0.2, 0.25) is 5.88 Å². The number of methoxy groups -OCH3 is 1. The molecule has 64 valence electrons. The van der Waals surface area contributed by atoms with Crippen LogP contribution in [0.2, 0.25) is 0 Å². The van der Waals surface area contributed by atoms with Gasteiger partial charge in [-0.15, -0.1) is 0 Å². The van der Waals surface area contributed by atoms with Crippen molar-refractivity contribution in [3.63, 3.8) is 0 Å². The van der Waals surface area contributed by atoms with Gasteiger partial charge in [-0.25, -0.2) is 9.98 Å². The van der Waals surface area contributed by atoms with Crippen LogP contribution in [0.5, 0.6) is 5.88 Å². The van der Waals surface area contributed by atoms with E-state index < -0.39 is 0 Å². The summed E-state index contributed by atoms with van der Waals surface area (Å²) in [6, 6.07) is 0. The first kappa shape index (κ1) is 8.45. The maximum absolute atomic E-state index is 5.39. The predicted molar refractivity (Wildman–Crippen MR) is 45.5 cm³/mol. The topological polar surface area (TPSA) is 73.4 Å². The molecular weight excluding hydrogens is 156 g/mol. The fraction of sp³-hybridized carbons (Fsp3) is 0.286. The molecule has 0 radical (unpaired) electrons. The lowest BCUT2D eigenvalue weighted by atomic mass is 10.5. The van der Waals surface area contributed by atoms with Crippen LogP contribution in [0.1, 0.15) is 6.92 Å². The van der Waals surface area contributed by atoms with Gasteiger partial charge in [-0.3, -0.25) is 0 Å². The lowest BCUT2D eigenvalue weighted by molar-refractivity contribution is 0.398. The van der Waals surface area contributed by atoms with Crippen LogP contribution >= 0.6 is 0 Å². The molecule has 0 atom stereocenters. The van der Waals surface area contributed by atoms with Crippen LogP contribution in [-0.4, -0.2) is 22.9 Å². The van der Waals surface area contributed by atoms with Gasteiger partial charge < -0.3 is 10.5 Å². The van der Waals surface area contributed by atoms with Crippen molar-refractivity contribution in [1.29, 1.82) is 0 Å². The molecule has 1 aromatic heterocycles. The van der Waals surface area contributed by atoms with Gasteiger partial charge >= 0.3 is 0 Å². The minimum absolute atomic E-state index is 0.426. The number of hydrogen-bond donors (Lipinski definition) is 1. The minimum atomic E-state index is 0.426. The van der Waals surface area contributed by atoms with Crippen LogP contribution in [0.3, 0.4) is 0 Å². The molecule has 0 amide bonds. The average molecular weight is 166 g/mol. The first-order valence-electron chi connectivity index (χ1n) is 3.39. The van der Waals surface area contributed by atoms with Gasteiger partial charge in [-0.05, 0) is 6.92 Å². The highest BCUT2D eigenvalue weighted by Gasteiger charge is 2.00. The number of aromatic nitrogens is 2. The second-order valence-corrected chi connectivity index (χ2v) is 2.17. The Morgan fingerprint density at radius 2 is 2.42 bits per heavy atom. The zero-order chi connectivity index (χ0) is 8.97. The molecule has 2 N–H and O–H groups in total. The Balaban J connectivity index is 3.05.